The molecule has 1 rings (SSSR count). The second kappa shape index (κ2) is 3.37. The van der Waals surface area contributed by atoms with E-state index in [2.05, 4.69) is 10.3 Å². The van der Waals surface area contributed by atoms with Gasteiger partial charge in [-0.15, -0.1) is 11.3 Å². The van der Waals surface area contributed by atoms with Crippen LogP contribution < -0.4 is 5.32 Å². The third-order valence-electron chi connectivity index (χ3n) is 0.917. The quantitative estimate of drug-likeness (QED) is 0.707. The number of anilines is 1. The fourth-order valence-corrected chi connectivity index (χ4v) is 1.00. The van der Waals surface area contributed by atoms with Crippen LogP contribution in [0.2, 0.25) is 0 Å². The minimum Gasteiger partial charge on any atom is -0.338 e. The Balaban J connectivity index is 2.49. The van der Waals surface area contributed by atoms with Crippen LogP contribution in [0.5, 0.6) is 0 Å². The Morgan fingerprint density at radius 2 is 2.50 bits per heavy atom. The Bertz CT molecular complexity index is 210. The molecule has 1 heterocycles. The van der Waals surface area contributed by atoms with E-state index in [-0.39, 0.29) is 0 Å². The number of rotatable bonds is 2. The summed E-state index contributed by atoms with van der Waals surface area (Å²) in [6.07, 6.45) is 3.73. The lowest BCUT2D eigenvalue weighted by atomic mass is 10.4. The maximum Gasteiger partial charge on any atom is 0.186 e. The summed E-state index contributed by atoms with van der Waals surface area (Å²) in [5.74, 6) is 0. The number of nitrogens with zero attached hydrogens (tertiary/aromatic N) is 1. The van der Waals surface area contributed by atoms with Gasteiger partial charge in [0.2, 0.25) is 0 Å². The van der Waals surface area contributed by atoms with Gasteiger partial charge in [0, 0.05) is 17.8 Å². The van der Waals surface area contributed by atoms with Crippen molar-refractivity contribution in [2.24, 2.45) is 0 Å². The predicted molar refractivity (Wildman–Crippen MR) is 45.2 cm³/mol. The van der Waals surface area contributed by atoms with Gasteiger partial charge in [0.1, 0.15) is 0 Å². The number of allylic oxidation sites excluding steroid dienone is 1. The standard InChI is InChI=1S/C7H10N2S/c1-6(2)5-9-7-8-3-4-10-7/h3-5H,1-2H3,(H,8,9). The molecule has 0 aliphatic heterocycles. The molecule has 0 spiro atoms. The van der Waals surface area contributed by atoms with Crippen LogP contribution in [0.25, 0.3) is 0 Å². The lowest BCUT2D eigenvalue weighted by molar-refractivity contribution is 1.33. The van der Waals surface area contributed by atoms with Gasteiger partial charge in [-0.2, -0.15) is 0 Å². The van der Waals surface area contributed by atoms with E-state index in [0.29, 0.717) is 0 Å². The van der Waals surface area contributed by atoms with E-state index >= 15 is 0 Å². The maximum absolute atomic E-state index is 4.05. The highest BCUT2D eigenvalue weighted by molar-refractivity contribution is 7.13. The summed E-state index contributed by atoms with van der Waals surface area (Å²) in [7, 11) is 0. The maximum atomic E-state index is 4.05. The van der Waals surface area contributed by atoms with Crippen LogP contribution in [0.15, 0.2) is 23.3 Å². The molecule has 0 aliphatic rings. The molecule has 1 aromatic heterocycles. The Labute approximate surface area is 64.6 Å². The molecule has 1 aromatic rings. The molecule has 0 bridgehead atoms. The van der Waals surface area contributed by atoms with Crippen LogP contribution in [-0.4, -0.2) is 4.98 Å². The van der Waals surface area contributed by atoms with Crippen molar-refractivity contribution in [2.75, 3.05) is 5.32 Å². The Morgan fingerprint density at radius 1 is 1.70 bits per heavy atom. The van der Waals surface area contributed by atoms with Gasteiger partial charge in [-0.1, -0.05) is 5.57 Å². The fraction of sp³-hybridized carbons (Fsp3) is 0.286. The van der Waals surface area contributed by atoms with E-state index in [4.69, 9.17) is 0 Å². The predicted octanol–water partition coefficient (Wildman–Crippen LogP) is 2.48. The number of aromatic nitrogens is 1. The van der Waals surface area contributed by atoms with Gasteiger partial charge >= 0.3 is 0 Å². The molecule has 0 saturated heterocycles. The van der Waals surface area contributed by atoms with E-state index in [1.54, 1.807) is 17.5 Å². The molecule has 0 atom stereocenters. The van der Waals surface area contributed by atoms with Crippen molar-refractivity contribution >= 4 is 16.5 Å². The second-order valence-corrected chi connectivity index (χ2v) is 3.10. The van der Waals surface area contributed by atoms with Gasteiger partial charge in [-0.05, 0) is 13.8 Å². The number of hydrogen-bond donors (Lipinski definition) is 1. The molecule has 0 unspecified atom stereocenters. The molecule has 10 heavy (non-hydrogen) atoms. The first-order valence-electron chi connectivity index (χ1n) is 3.08. The smallest absolute Gasteiger partial charge is 0.186 e. The molecule has 1 N–H and O–H groups in total. The van der Waals surface area contributed by atoms with E-state index in [1.165, 1.54) is 5.57 Å². The van der Waals surface area contributed by atoms with Crippen LogP contribution >= 0.6 is 11.3 Å². The summed E-state index contributed by atoms with van der Waals surface area (Å²) < 4.78 is 0. The van der Waals surface area contributed by atoms with E-state index in [9.17, 15) is 0 Å². The van der Waals surface area contributed by atoms with Crippen molar-refractivity contribution in [2.45, 2.75) is 13.8 Å². The second-order valence-electron chi connectivity index (χ2n) is 2.20. The van der Waals surface area contributed by atoms with Crippen LogP contribution in [0.1, 0.15) is 13.8 Å². The van der Waals surface area contributed by atoms with Gasteiger partial charge in [0.25, 0.3) is 0 Å². The van der Waals surface area contributed by atoms with Crippen molar-refractivity contribution in [3.8, 4) is 0 Å². The van der Waals surface area contributed by atoms with Crippen LogP contribution in [0.3, 0.4) is 0 Å². The number of nitrogens with one attached hydrogen (secondary N) is 1. The fourth-order valence-electron chi connectivity index (χ4n) is 0.501. The Hall–Kier alpha value is -0.830. The molecule has 54 valence electrons. The summed E-state index contributed by atoms with van der Waals surface area (Å²) in [6, 6.07) is 0. The normalized spacial score (nSPS) is 9.00. The zero-order valence-electron chi connectivity index (χ0n) is 6.09. The first kappa shape index (κ1) is 7.28. The van der Waals surface area contributed by atoms with Crippen molar-refractivity contribution in [3.63, 3.8) is 0 Å². The first-order chi connectivity index (χ1) is 4.79. The Morgan fingerprint density at radius 3 is 3.00 bits per heavy atom. The third kappa shape index (κ3) is 2.19. The van der Waals surface area contributed by atoms with Gasteiger partial charge in [-0.3, -0.25) is 0 Å². The highest BCUT2D eigenvalue weighted by Gasteiger charge is 1.87. The molecule has 0 saturated carbocycles. The lowest BCUT2D eigenvalue weighted by Crippen LogP contribution is -1.85. The molecule has 0 radical (unpaired) electrons. The summed E-state index contributed by atoms with van der Waals surface area (Å²) in [6.45, 7) is 4.08. The van der Waals surface area contributed by atoms with Gasteiger partial charge in [0.05, 0.1) is 0 Å². The van der Waals surface area contributed by atoms with Crippen molar-refractivity contribution in [3.05, 3.63) is 23.3 Å². The summed E-state index contributed by atoms with van der Waals surface area (Å²) in [5.41, 5.74) is 1.25. The summed E-state index contributed by atoms with van der Waals surface area (Å²) in [4.78, 5) is 4.05. The molecule has 3 heteroatoms. The zero-order chi connectivity index (χ0) is 7.40. The van der Waals surface area contributed by atoms with E-state index < -0.39 is 0 Å². The SMILES string of the molecule is CC(C)=CNc1nccs1. The molecule has 0 aromatic carbocycles. The summed E-state index contributed by atoms with van der Waals surface area (Å²) in [5, 5.41) is 5.96. The van der Waals surface area contributed by atoms with Crippen LogP contribution in [-0.2, 0) is 0 Å². The van der Waals surface area contributed by atoms with Crippen LogP contribution in [0, 0.1) is 0 Å². The topological polar surface area (TPSA) is 24.9 Å². The number of thiazole rings is 1. The van der Waals surface area contributed by atoms with Crippen molar-refractivity contribution < 1.29 is 0 Å². The van der Waals surface area contributed by atoms with E-state index in [0.717, 1.165) is 5.13 Å². The summed E-state index contributed by atoms with van der Waals surface area (Å²) >= 11 is 1.60. The van der Waals surface area contributed by atoms with Gasteiger partial charge < -0.3 is 5.32 Å². The van der Waals surface area contributed by atoms with Crippen molar-refractivity contribution in [1.29, 1.82) is 0 Å². The van der Waals surface area contributed by atoms with E-state index in [1.807, 2.05) is 25.4 Å². The average Bonchev–Trinajstić information content (AvgIpc) is 2.34. The zero-order valence-corrected chi connectivity index (χ0v) is 6.90. The lowest BCUT2D eigenvalue weighted by Gasteiger charge is -1.92. The average molecular weight is 154 g/mol. The molecular weight excluding hydrogens is 144 g/mol. The Kier molecular flexibility index (Phi) is 2.45. The molecular formula is C7H10N2S. The molecule has 0 aliphatic carbocycles. The van der Waals surface area contributed by atoms with Crippen molar-refractivity contribution in [1.82, 2.24) is 4.98 Å². The minimum absolute atomic E-state index is 0.946. The monoisotopic (exact) mass is 154 g/mol. The van der Waals surface area contributed by atoms with Crippen LogP contribution in [0.4, 0.5) is 5.13 Å². The highest BCUT2D eigenvalue weighted by Crippen LogP contribution is 2.10. The number of hydrogen-bond acceptors (Lipinski definition) is 3. The molecule has 0 amide bonds. The third-order valence-corrected chi connectivity index (χ3v) is 1.62. The van der Waals surface area contributed by atoms with Gasteiger partial charge in [-0.25, -0.2) is 4.98 Å². The van der Waals surface area contributed by atoms with Gasteiger partial charge in [0.15, 0.2) is 5.13 Å². The minimum atomic E-state index is 0.946. The first-order valence-corrected chi connectivity index (χ1v) is 3.96. The largest absolute Gasteiger partial charge is 0.338 e. The molecule has 0 fully saturated rings. The molecule has 2 nitrogen and oxygen atoms in total. The highest BCUT2D eigenvalue weighted by atomic mass is 32.1.